The van der Waals surface area contributed by atoms with Crippen molar-refractivity contribution in [3.8, 4) is 0 Å². The zero-order valence-corrected chi connectivity index (χ0v) is 14.0. The lowest BCUT2D eigenvalue weighted by Crippen LogP contribution is -2.44. The molecule has 5 heteroatoms. The summed E-state index contributed by atoms with van der Waals surface area (Å²) in [6, 6.07) is 8.42. The predicted octanol–water partition coefficient (Wildman–Crippen LogP) is 2.30. The molecule has 0 aliphatic carbocycles. The third kappa shape index (κ3) is 3.85. The molecule has 1 aliphatic rings. The summed E-state index contributed by atoms with van der Waals surface area (Å²) in [5.74, 6) is 0.889. The van der Waals surface area contributed by atoms with E-state index >= 15 is 0 Å². The van der Waals surface area contributed by atoms with Crippen LogP contribution in [-0.4, -0.2) is 43.8 Å². The largest absolute Gasteiger partial charge is 0.380 e. The Hall–Kier alpha value is -2.01. The van der Waals surface area contributed by atoms with Crippen LogP contribution in [0.4, 0.5) is 0 Å². The van der Waals surface area contributed by atoms with Gasteiger partial charge in [0, 0.05) is 35.6 Å². The van der Waals surface area contributed by atoms with E-state index in [-0.39, 0.29) is 5.41 Å². The number of aromatic nitrogens is 1. The number of nitrogens with zero attached hydrogens (tertiary/aromatic N) is 1. The molecule has 1 saturated heterocycles. The molecule has 0 amide bonds. The number of para-hydroxylation sites is 1. The van der Waals surface area contributed by atoms with E-state index < -0.39 is 0 Å². The monoisotopic (exact) mass is 314 g/mol. The molecule has 2 aromatic rings. The Labute approximate surface area is 137 Å². The number of hydrogen-bond acceptors (Lipinski definition) is 2. The van der Waals surface area contributed by atoms with E-state index in [1.54, 1.807) is 0 Å². The van der Waals surface area contributed by atoms with Gasteiger partial charge in [-0.05, 0) is 25.0 Å². The third-order valence-electron chi connectivity index (χ3n) is 4.23. The average molecular weight is 314 g/mol. The van der Waals surface area contributed by atoms with Crippen LogP contribution in [0.5, 0.6) is 0 Å². The normalized spacial score (nSPS) is 17.0. The van der Waals surface area contributed by atoms with Crippen LogP contribution in [0, 0.1) is 5.41 Å². The van der Waals surface area contributed by atoms with Gasteiger partial charge in [-0.3, -0.25) is 4.99 Å². The van der Waals surface area contributed by atoms with Crippen LogP contribution in [-0.2, 0) is 11.2 Å². The molecule has 0 bridgehead atoms. The Bertz CT molecular complexity index is 672. The number of benzene rings is 1. The van der Waals surface area contributed by atoms with Gasteiger partial charge in [-0.1, -0.05) is 25.1 Å². The fourth-order valence-electron chi connectivity index (χ4n) is 2.81. The molecule has 1 aromatic carbocycles. The summed E-state index contributed by atoms with van der Waals surface area (Å²) in [4.78, 5) is 8.02. The Balaban J connectivity index is 1.55. The van der Waals surface area contributed by atoms with Gasteiger partial charge in [0.15, 0.2) is 5.96 Å². The van der Waals surface area contributed by atoms with Crippen LogP contribution < -0.4 is 10.6 Å². The predicted molar refractivity (Wildman–Crippen MR) is 94.9 cm³/mol. The second-order valence-corrected chi connectivity index (χ2v) is 6.53. The number of hydrogen-bond donors (Lipinski definition) is 3. The third-order valence-corrected chi connectivity index (χ3v) is 4.23. The highest BCUT2D eigenvalue weighted by Gasteiger charge is 2.33. The van der Waals surface area contributed by atoms with Crippen molar-refractivity contribution >= 4 is 16.9 Å². The van der Waals surface area contributed by atoms with Gasteiger partial charge in [-0.15, -0.1) is 0 Å². The lowest BCUT2D eigenvalue weighted by molar-refractivity contribution is -0.0945. The van der Waals surface area contributed by atoms with Crippen molar-refractivity contribution in [1.82, 2.24) is 15.6 Å². The first-order chi connectivity index (χ1) is 11.2. The highest BCUT2D eigenvalue weighted by atomic mass is 16.5. The molecule has 3 rings (SSSR count). The zero-order valence-electron chi connectivity index (χ0n) is 14.0. The second kappa shape index (κ2) is 7.04. The molecule has 0 unspecified atom stereocenters. The first kappa shape index (κ1) is 15.9. The average Bonchev–Trinajstić information content (AvgIpc) is 2.94. The number of ether oxygens (including phenoxy) is 1. The Morgan fingerprint density at radius 2 is 2.13 bits per heavy atom. The first-order valence-electron chi connectivity index (χ1n) is 8.35. The molecule has 0 saturated carbocycles. The summed E-state index contributed by atoms with van der Waals surface area (Å²) in [7, 11) is 0. The van der Waals surface area contributed by atoms with Crippen molar-refractivity contribution in [2.24, 2.45) is 10.4 Å². The van der Waals surface area contributed by atoms with Gasteiger partial charge in [-0.2, -0.15) is 0 Å². The Kier molecular flexibility index (Phi) is 4.86. The summed E-state index contributed by atoms with van der Waals surface area (Å²) >= 11 is 0. The number of fused-ring (bicyclic) bond motifs is 1. The van der Waals surface area contributed by atoms with E-state index in [0.29, 0.717) is 0 Å². The first-order valence-corrected chi connectivity index (χ1v) is 8.35. The standard InChI is InChI=1S/C18H26N4O/c1-3-19-17(22-11-18(2)12-23-13-18)20-9-8-14-10-21-16-7-5-4-6-15(14)16/h4-7,10,21H,3,8-9,11-13H2,1-2H3,(H2,19,20,22). The highest BCUT2D eigenvalue weighted by molar-refractivity contribution is 5.83. The molecule has 3 N–H and O–H groups in total. The van der Waals surface area contributed by atoms with Crippen molar-refractivity contribution in [3.63, 3.8) is 0 Å². The molecule has 2 heterocycles. The summed E-state index contributed by atoms with van der Waals surface area (Å²) in [6.07, 6.45) is 3.07. The van der Waals surface area contributed by atoms with Crippen molar-refractivity contribution in [2.75, 3.05) is 32.8 Å². The Morgan fingerprint density at radius 1 is 1.30 bits per heavy atom. The smallest absolute Gasteiger partial charge is 0.191 e. The van der Waals surface area contributed by atoms with E-state index in [4.69, 9.17) is 9.73 Å². The van der Waals surface area contributed by atoms with Crippen molar-refractivity contribution in [2.45, 2.75) is 20.3 Å². The van der Waals surface area contributed by atoms with E-state index in [1.807, 2.05) is 0 Å². The number of nitrogens with one attached hydrogen (secondary N) is 3. The fraction of sp³-hybridized carbons (Fsp3) is 0.500. The lowest BCUT2D eigenvalue weighted by atomic mass is 9.89. The van der Waals surface area contributed by atoms with Gasteiger partial charge in [0.25, 0.3) is 0 Å². The minimum absolute atomic E-state index is 0.208. The minimum atomic E-state index is 0.208. The second-order valence-electron chi connectivity index (χ2n) is 6.53. The van der Waals surface area contributed by atoms with E-state index in [2.05, 4.69) is 59.9 Å². The van der Waals surface area contributed by atoms with Gasteiger partial charge in [0.1, 0.15) is 0 Å². The van der Waals surface area contributed by atoms with Crippen LogP contribution in [0.2, 0.25) is 0 Å². The molecular weight excluding hydrogens is 288 g/mol. The lowest BCUT2D eigenvalue weighted by Gasteiger charge is -2.36. The number of rotatable bonds is 6. The van der Waals surface area contributed by atoms with Crippen LogP contribution in [0.3, 0.4) is 0 Å². The molecule has 23 heavy (non-hydrogen) atoms. The molecule has 1 aromatic heterocycles. The number of guanidine groups is 1. The number of aliphatic imine (C=N–C) groups is 1. The molecule has 5 nitrogen and oxygen atoms in total. The van der Waals surface area contributed by atoms with Gasteiger partial charge in [-0.25, -0.2) is 0 Å². The zero-order chi connectivity index (χ0) is 16.1. The van der Waals surface area contributed by atoms with Crippen LogP contribution in [0.1, 0.15) is 19.4 Å². The maximum absolute atomic E-state index is 5.29. The van der Waals surface area contributed by atoms with Crippen LogP contribution >= 0.6 is 0 Å². The van der Waals surface area contributed by atoms with Crippen molar-refractivity contribution < 1.29 is 4.74 Å². The summed E-state index contributed by atoms with van der Waals surface area (Å²) in [5, 5.41) is 8.04. The minimum Gasteiger partial charge on any atom is -0.380 e. The van der Waals surface area contributed by atoms with Crippen molar-refractivity contribution in [3.05, 3.63) is 36.0 Å². The van der Waals surface area contributed by atoms with Crippen LogP contribution in [0.25, 0.3) is 10.9 Å². The van der Waals surface area contributed by atoms with E-state index in [0.717, 1.165) is 45.2 Å². The van der Waals surface area contributed by atoms with E-state index in [1.165, 1.54) is 16.5 Å². The van der Waals surface area contributed by atoms with Crippen LogP contribution in [0.15, 0.2) is 35.5 Å². The summed E-state index contributed by atoms with van der Waals surface area (Å²) in [5.41, 5.74) is 2.74. The molecule has 124 valence electrons. The number of H-pyrrole nitrogens is 1. The van der Waals surface area contributed by atoms with Gasteiger partial charge in [0.05, 0.1) is 19.8 Å². The quantitative estimate of drug-likeness (QED) is 0.566. The highest BCUT2D eigenvalue weighted by Crippen LogP contribution is 2.26. The van der Waals surface area contributed by atoms with E-state index in [9.17, 15) is 0 Å². The Morgan fingerprint density at radius 3 is 2.87 bits per heavy atom. The van der Waals surface area contributed by atoms with Gasteiger partial charge >= 0.3 is 0 Å². The van der Waals surface area contributed by atoms with Gasteiger partial charge in [0.2, 0.25) is 0 Å². The maximum Gasteiger partial charge on any atom is 0.191 e. The molecule has 1 fully saturated rings. The summed E-state index contributed by atoms with van der Waals surface area (Å²) < 4.78 is 5.29. The molecule has 0 atom stereocenters. The topological polar surface area (TPSA) is 61.4 Å². The SMILES string of the molecule is CCNC(=NCC1(C)COC1)NCCc1c[nH]c2ccccc12. The van der Waals surface area contributed by atoms with Crippen molar-refractivity contribution in [1.29, 1.82) is 0 Å². The summed E-state index contributed by atoms with van der Waals surface area (Å²) in [6.45, 7) is 8.46. The molecule has 0 spiro atoms. The fourth-order valence-corrected chi connectivity index (χ4v) is 2.81. The molecule has 1 aliphatic heterocycles. The molecular formula is C18H26N4O. The number of aromatic amines is 1. The maximum atomic E-state index is 5.29. The van der Waals surface area contributed by atoms with Gasteiger partial charge < -0.3 is 20.4 Å². The molecule has 0 radical (unpaired) electrons.